The van der Waals surface area contributed by atoms with E-state index in [-0.39, 0.29) is 6.61 Å². The predicted octanol–water partition coefficient (Wildman–Crippen LogP) is 2.66. The molecule has 0 saturated carbocycles. The molecule has 0 amide bonds. The van der Waals surface area contributed by atoms with E-state index in [1.165, 1.54) is 0 Å². The second kappa shape index (κ2) is 4.88. The summed E-state index contributed by atoms with van der Waals surface area (Å²) in [7, 11) is 0. The number of hydrogen-bond donors (Lipinski definition) is 2. The lowest BCUT2D eigenvalue weighted by Gasteiger charge is -2.24. The number of rotatable bonds is 4. The van der Waals surface area contributed by atoms with Gasteiger partial charge in [0.1, 0.15) is 0 Å². The van der Waals surface area contributed by atoms with Crippen molar-refractivity contribution in [2.45, 2.75) is 45.6 Å². The first-order valence-corrected chi connectivity index (χ1v) is 5.78. The summed E-state index contributed by atoms with van der Waals surface area (Å²) in [4.78, 5) is 11.3. The first-order valence-electron chi connectivity index (χ1n) is 5.78. The van der Waals surface area contributed by atoms with Crippen molar-refractivity contribution in [2.24, 2.45) is 0 Å². The van der Waals surface area contributed by atoms with Gasteiger partial charge < -0.3 is 10.2 Å². The van der Waals surface area contributed by atoms with Crippen LogP contribution in [0.25, 0.3) is 0 Å². The lowest BCUT2D eigenvalue weighted by atomic mass is 9.80. The fraction of sp³-hybridized carbons (Fsp3) is 0.500. The largest absolute Gasteiger partial charge is 0.481 e. The third-order valence-electron chi connectivity index (χ3n) is 3.18. The van der Waals surface area contributed by atoms with Gasteiger partial charge in [0, 0.05) is 0 Å². The lowest BCUT2D eigenvalue weighted by Crippen LogP contribution is -2.30. The van der Waals surface area contributed by atoms with Crippen LogP contribution in [0.1, 0.15) is 50.3 Å². The molecule has 0 radical (unpaired) electrons. The number of aliphatic hydroxyl groups excluding tert-OH is 1. The average molecular weight is 236 g/mol. The van der Waals surface area contributed by atoms with E-state index in [9.17, 15) is 15.0 Å². The summed E-state index contributed by atoms with van der Waals surface area (Å²) in [5, 5.41) is 18.6. The summed E-state index contributed by atoms with van der Waals surface area (Å²) in [5.41, 5.74) is 1.48. The minimum atomic E-state index is -0.983. The van der Waals surface area contributed by atoms with Crippen molar-refractivity contribution in [2.75, 3.05) is 0 Å². The maximum absolute atomic E-state index is 11.3. The Kier molecular flexibility index (Phi) is 3.94. The van der Waals surface area contributed by atoms with Gasteiger partial charge in [0.05, 0.1) is 12.0 Å². The summed E-state index contributed by atoms with van der Waals surface area (Å²) in [6.07, 6.45) is 0. The molecule has 1 rings (SSSR count). The molecule has 17 heavy (non-hydrogen) atoms. The van der Waals surface area contributed by atoms with Gasteiger partial charge in [-0.2, -0.15) is 0 Å². The minimum absolute atomic E-state index is 0.135. The first-order chi connectivity index (χ1) is 7.80. The molecule has 0 atom stereocenters. The van der Waals surface area contributed by atoms with E-state index in [2.05, 4.69) is 13.8 Å². The minimum Gasteiger partial charge on any atom is -0.481 e. The van der Waals surface area contributed by atoms with E-state index in [1.807, 2.05) is 18.2 Å². The van der Waals surface area contributed by atoms with Gasteiger partial charge in [-0.25, -0.2) is 0 Å². The SMILES string of the molecule is CC(C)c1ccc(CO)c(C(C)(C)C(=O)O)c1. The second-order valence-corrected chi connectivity index (χ2v) is 5.16. The third kappa shape index (κ3) is 2.67. The van der Waals surface area contributed by atoms with Crippen LogP contribution < -0.4 is 0 Å². The molecule has 0 aromatic heterocycles. The third-order valence-corrected chi connectivity index (χ3v) is 3.18. The van der Waals surface area contributed by atoms with E-state index in [0.717, 1.165) is 5.56 Å². The van der Waals surface area contributed by atoms with Gasteiger partial charge in [0.2, 0.25) is 0 Å². The number of hydrogen-bond acceptors (Lipinski definition) is 2. The molecule has 94 valence electrons. The second-order valence-electron chi connectivity index (χ2n) is 5.16. The fourth-order valence-corrected chi connectivity index (χ4v) is 1.79. The maximum Gasteiger partial charge on any atom is 0.313 e. The Bertz CT molecular complexity index is 419. The first kappa shape index (κ1) is 13.7. The van der Waals surface area contributed by atoms with E-state index >= 15 is 0 Å². The topological polar surface area (TPSA) is 57.5 Å². The number of carboxylic acid groups (broad SMARTS) is 1. The fourth-order valence-electron chi connectivity index (χ4n) is 1.79. The molecular formula is C14H20O3. The Balaban J connectivity index is 3.38. The Morgan fingerprint density at radius 1 is 1.35 bits per heavy atom. The van der Waals surface area contributed by atoms with E-state index in [1.54, 1.807) is 13.8 Å². The van der Waals surface area contributed by atoms with Crippen molar-refractivity contribution >= 4 is 5.97 Å². The molecule has 0 fully saturated rings. The molecule has 0 bridgehead atoms. The highest BCUT2D eigenvalue weighted by Gasteiger charge is 2.31. The summed E-state index contributed by atoms with van der Waals surface area (Å²) >= 11 is 0. The van der Waals surface area contributed by atoms with Crippen LogP contribution in [0.2, 0.25) is 0 Å². The van der Waals surface area contributed by atoms with Gasteiger partial charge in [0.25, 0.3) is 0 Å². The molecule has 0 spiro atoms. The molecule has 0 aliphatic rings. The highest BCUT2D eigenvalue weighted by atomic mass is 16.4. The molecule has 0 saturated heterocycles. The van der Waals surface area contributed by atoms with E-state index < -0.39 is 11.4 Å². The van der Waals surface area contributed by atoms with Crippen LogP contribution in [-0.4, -0.2) is 16.2 Å². The Morgan fingerprint density at radius 3 is 2.35 bits per heavy atom. The Morgan fingerprint density at radius 2 is 1.94 bits per heavy atom. The summed E-state index contributed by atoms with van der Waals surface area (Å²) in [5.74, 6) is -0.542. The highest BCUT2D eigenvalue weighted by molar-refractivity contribution is 5.81. The number of carbonyl (C=O) groups is 1. The smallest absolute Gasteiger partial charge is 0.313 e. The predicted molar refractivity (Wildman–Crippen MR) is 67.1 cm³/mol. The van der Waals surface area contributed by atoms with Gasteiger partial charge >= 0.3 is 5.97 Å². The van der Waals surface area contributed by atoms with Crippen molar-refractivity contribution in [3.63, 3.8) is 0 Å². The monoisotopic (exact) mass is 236 g/mol. The van der Waals surface area contributed by atoms with E-state index in [4.69, 9.17) is 0 Å². The highest BCUT2D eigenvalue weighted by Crippen LogP contribution is 2.30. The number of benzene rings is 1. The molecular weight excluding hydrogens is 216 g/mol. The lowest BCUT2D eigenvalue weighted by molar-refractivity contribution is -0.142. The van der Waals surface area contributed by atoms with Gasteiger partial charge in [0.15, 0.2) is 0 Å². The molecule has 2 N–H and O–H groups in total. The summed E-state index contributed by atoms with van der Waals surface area (Å²) in [6, 6.07) is 5.65. The summed E-state index contributed by atoms with van der Waals surface area (Å²) < 4.78 is 0. The molecule has 1 aromatic rings. The molecule has 1 aromatic carbocycles. The number of carboxylic acids is 1. The van der Waals surface area contributed by atoms with Crippen LogP contribution in [0.5, 0.6) is 0 Å². The summed E-state index contributed by atoms with van der Waals surface area (Å²) in [6.45, 7) is 7.31. The van der Waals surface area contributed by atoms with Gasteiger partial charge in [-0.05, 0) is 36.5 Å². The van der Waals surface area contributed by atoms with Crippen molar-refractivity contribution in [3.05, 3.63) is 34.9 Å². The zero-order chi connectivity index (χ0) is 13.2. The molecule has 3 nitrogen and oxygen atoms in total. The quantitative estimate of drug-likeness (QED) is 0.845. The van der Waals surface area contributed by atoms with Crippen LogP contribution in [-0.2, 0) is 16.8 Å². The van der Waals surface area contributed by atoms with Crippen LogP contribution in [0.15, 0.2) is 18.2 Å². The van der Waals surface area contributed by atoms with Crippen molar-refractivity contribution < 1.29 is 15.0 Å². The van der Waals surface area contributed by atoms with Gasteiger partial charge in [-0.15, -0.1) is 0 Å². The zero-order valence-corrected chi connectivity index (χ0v) is 10.8. The van der Waals surface area contributed by atoms with Crippen LogP contribution in [0.3, 0.4) is 0 Å². The van der Waals surface area contributed by atoms with Crippen LogP contribution in [0, 0.1) is 0 Å². The Labute approximate surface area is 102 Å². The van der Waals surface area contributed by atoms with Crippen molar-refractivity contribution in [1.82, 2.24) is 0 Å². The van der Waals surface area contributed by atoms with Crippen LogP contribution in [0.4, 0.5) is 0 Å². The van der Waals surface area contributed by atoms with Crippen molar-refractivity contribution in [3.8, 4) is 0 Å². The molecule has 0 unspecified atom stereocenters. The maximum atomic E-state index is 11.3. The molecule has 0 aliphatic carbocycles. The van der Waals surface area contributed by atoms with Crippen LogP contribution >= 0.6 is 0 Å². The molecule has 0 aliphatic heterocycles. The van der Waals surface area contributed by atoms with Gasteiger partial charge in [-0.3, -0.25) is 4.79 Å². The standard InChI is InChI=1S/C14H20O3/c1-9(2)10-5-6-11(8-15)12(7-10)14(3,4)13(16)17/h5-7,9,15H,8H2,1-4H3,(H,16,17). The Hall–Kier alpha value is -1.35. The zero-order valence-electron chi connectivity index (χ0n) is 10.8. The average Bonchev–Trinajstić information content (AvgIpc) is 2.27. The number of aliphatic carboxylic acids is 1. The molecule has 3 heteroatoms. The normalized spacial score (nSPS) is 11.9. The number of aliphatic hydroxyl groups is 1. The van der Waals surface area contributed by atoms with Gasteiger partial charge in [-0.1, -0.05) is 32.0 Å². The van der Waals surface area contributed by atoms with Crippen molar-refractivity contribution in [1.29, 1.82) is 0 Å². The molecule has 0 heterocycles. The van der Waals surface area contributed by atoms with E-state index in [0.29, 0.717) is 17.0 Å².